The van der Waals surface area contributed by atoms with Crippen LogP contribution in [0.3, 0.4) is 0 Å². The van der Waals surface area contributed by atoms with Crippen molar-refractivity contribution in [1.82, 2.24) is 19.7 Å². The van der Waals surface area contributed by atoms with Crippen LogP contribution in [0.5, 0.6) is 0 Å². The summed E-state index contributed by atoms with van der Waals surface area (Å²) in [6.07, 6.45) is 9.13. The lowest BCUT2D eigenvalue weighted by Crippen LogP contribution is -2.49. The van der Waals surface area contributed by atoms with Crippen molar-refractivity contribution >= 4 is 11.8 Å². The molecule has 0 spiro atoms. The SMILES string of the molecule is CC(C)NC(=O)c1cn(CC2CCCCC2)cc(C(=O)N2CCN(Cc3cccc(F)c3)CC2)c1=O. The van der Waals surface area contributed by atoms with Crippen molar-refractivity contribution in [1.29, 1.82) is 0 Å². The van der Waals surface area contributed by atoms with Crippen LogP contribution in [-0.4, -0.2) is 58.4 Å². The van der Waals surface area contributed by atoms with Gasteiger partial charge >= 0.3 is 0 Å². The number of amides is 2. The normalized spacial score (nSPS) is 17.4. The molecule has 2 aromatic rings. The first-order valence-electron chi connectivity index (χ1n) is 13.1. The van der Waals surface area contributed by atoms with E-state index in [9.17, 15) is 18.8 Å². The Morgan fingerprint density at radius 1 is 1.03 bits per heavy atom. The molecule has 0 radical (unpaired) electrons. The first-order chi connectivity index (χ1) is 17.3. The van der Waals surface area contributed by atoms with Gasteiger partial charge in [-0.25, -0.2) is 4.39 Å². The second-order valence-corrected chi connectivity index (χ2v) is 10.4. The number of pyridine rings is 1. The van der Waals surface area contributed by atoms with Crippen LogP contribution in [0.15, 0.2) is 41.5 Å². The molecule has 8 heteroatoms. The number of hydrogen-bond donors (Lipinski definition) is 1. The molecule has 2 amide bonds. The molecule has 36 heavy (non-hydrogen) atoms. The standard InChI is InChI=1S/C28H37FN4O3/c1-20(2)30-27(35)24-18-32(16-21-7-4-3-5-8-21)19-25(26(24)34)28(36)33-13-11-31(12-14-33)17-22-9-6-10-23(29)15-22/h6,9-10,15,18-21H,3-5,7-8,11-14,16-17H2,1-2H3,(H,30,35). The second kappa shape index (κ2) is 11.8. The highest BCUT2D eigenvalue weighted by molar-refractivity contribution is 5.99. The molecular formula is C28H37FN4O3. The summed E-state index contributed by atoms with van der Waals surface area (Å²) in [5.74, 6) is -0.548. The van der Waals surface area contributed by atoms with Gasteiger partial charge in [-0.1, -0.05) is 31.4 Å². The Balaban J connectivity index is 1.50. The van der Waals surface area contributed by atoms with E-state index in [1.807, 2.05) is 24.5 Å². The molecule has 1 saturated carbocycles. The molecule has 194 valence electrons. The van der Waals surface area contributed by atoms with E-state index >= 15 is 0 Å². The second-order valence-electron chi connectivity index (χ2n) is 10.4. The van der Waals surface area contributed by atoms with E-state index in [1.54, 1.807) is 23.4 Å². The van der Waals surface area contributed by atoms with Gasteiger partial charge < -0.3 is 14.8 Å². The zero-order valence-corrected chi connectivity index (χ0v) is 21.3. The Labute approximate surface area is 212 Å². The number of carbonyl (C=O) groups excluding carboxylic acids is 2. The number of halogens is 1. The molecule has 0 atom stereocenters. The fourth-order valence-electron chi connectivity index (χ4n) is 5.23. The first kappa shape index (κ1) is 26.1. The van der Waals surface area contributed by atoms with E-state index in [0.29, 0.717) is 45.2 Å². The molecule has 1 aromatic carbocycles. The van der Waals surface area contributed by atoms with Crippen LogP contribution >= 0.6 is 0 Å². The van der Waals surface area contributed by atoms with E-state index < -0.39 is 11.3 Å². The molecule has 1 saturated heterocycles. The molecule has 1 aliphatic carbocycles. The van der Waals surface area contributed by atoms with Gasteiger partial charge in [0.15, 0.2) is 0 Å². The largest absolute Gasteiger partial charge is 0.352 e. The molecule has 1 N–H and O–H groups in total. The van der Waals surface area contributed by atoms with Crippen LogP contribution in [0.25, 0.3) is 0 Å². The van der Waals surface area contributed by atoms with Crippen LogP contribution in [0.1, 0.15) is 72.2 Å². The Morgan fingerprint density at radius 3 is 2.39 bits per heavy atom. The zero-order valence-electron chi connectivity index (χ0n) is 21.3. The quantitative estimate of drug-likeness (QED) is 0.635. The van der Waals surface area contributed by atoms with Crippen LogP contribution in [0.2, 0.25) is 0 Å². The van der Waals surface area contributed by atoms with E-state index in [0.717, 1.165) is 18.4 Å². The molecule has 2 aliphatic rings. The third kappa shape index (κ3) is 6.60. The lowest BCUT2D eigenvalue weighted by atomic mass is 9.89. The highest BCUT2D eigenvalue weighted by Crippen LogP contribution is 2.25. The average molecular weight is 497 g/mol. The van der Waals surface area contributed by atoms with Gasteiger partial charge in [-0.15, -0.1) is 0 Å². The van der Waals surface area contributed by atoms with Crippen molar-refractivity contribution in [3.63, 3.8) is 0 Å². The monoisotopic (exact) mass is 496 g/mol. The topological polar surface area (TPSA) is 74.7 Å². The van der Waals surface area contributed by atoms with Crippen molar-refractivity contribution < 1.29 is 14.0 Å². The van der Waals surface area contributed by atoms with E-state index in [-0.39, 0.29) is 28.9 Å². The minimum Gasteiger partial charge on any atom is -0.352 e. The minimum atomic E-state index is -0.514. The molecule has 4 rings (SSSR count). The zero-order chi connectivity index (χ0) is 25.7. The Hall–Kier alpha value is -3.00. The smallest absolute Gasteiger partial charge is 0.259 e. The molecule has 2 fully saturated rings. The maximum absolute atomic E-state index is 13.5. The van der Waals surface area contributed by atoms with Crippen molar-refractivity contribution in [3.8, 4) is 0 Å². The predicted octanol–water partition coefficient (Wildman–Crippen LogP) is 3.66. The molecule has 2 heterocycles. The molecular weight excluding hydrogens is 459 g/mol. The summed E-state index contributed by atoms with van der Waals surface area (Å²) in [5.41, 5.74) is 0.459. The minimum absolute atomic E-state index is 0.0232. The van der Waals surface area contributed by atoms with Crippen LogP contribution in [0.4, 0.5) is 4.39 Å². The van der Waals surface area contributed by atoms with Crippen molar-refractivity contribution in [2.45, 2.75) is 65.1 Å². The van der Waals surface area contributed by atoms with Crippen LogP contribution in [-0.2, 0) is 13.1 Å². The van der Waals surface area contributed by atoms with Gasteiger partial charge in [0.2, 0.25) is 5.43 Å². The Bertz CT molecular complexity index is 1130. The van der Waals surface area contributed by atoms with Crippen molar-refractivity contribution in [2.24, 2.45) is 5.92 Å². The number of piperazine rings is 1. The summed E-state index contributed by atoms with van der Waals surface area (Å²) in [6.45, 7) is 7.20. The predicted molar refractivity (Wildman–Crippen MR) is 137 cm³/mol. The fourth-order valence-corrected chi connectivity index (χ4v) is 5.23. The number of hydrogen-bond acceptors (Lipinski definition) is 4. The highest BCUT2D eigenvalue weighted by Gasteiger charge is 2.27. The van der Waals surface area contributed by atoms with Gasteiger partial charge in [-0.05, 0) is 50.3 Å². The van der Waals surface area contributed by atoms with Gasteiger partial charge in [0.1, 0.15) is 16.9 Å². The number of benzene rings is 1. The molecule has 1 aromatic heterocycles. The summed E-state index contributed by atoms with van der Waals surface area (Å²) in [5, 5.41) is 2.80. The van der Waals surface area contributed by atoms with Gasteiger partial charge in [-0.2, -0.15) is 0 Å². The van der Waals surface area contributed by atoms with Gasteiger partial charge in [-0.3, -0.25) is 19.3 Å². The molecule has 0 unspecified atom stereocenters. The van der Waals surface area contributed by atoms with E-state index in [4.69, 9.17) is 0 Å². The summed E-state index contributed by atoms with van der Waals surface area (Å²) < 4.78 is 15.4. The number of rotatable bonds is 7. The van der Waals surface area contributed by atoms with E-state index in [2.05, 4.69) is 10.2 Å². The fraction of sp³-hybridized carbons (Fsp3) is 0.536. The molecule has 7 nitrogen and oxygen atoms in total. The lowest BCUT2D eigenvalue weighted by Gasteiger charge is -2.34. The van der Waals surface area contributed by atoms with Crippen molar-refractivity contribution in [2.75, 3.05) is 26.2 Å². The first-order valence-corrected chi connectivity index (χ1v) is 13.1. The maximum Gasteiger partial charge on any atom is 0.259 e. The summed E-state index contributed by atoms with van der Waals surface area (Å²) in [4.78, 5) is 43.5. The van der Waals surface area contributed by atoms with Gasteiger partial charge in [0.05, 0.1) is 0 Å². The third-order valence-electron chi connectivity index (χ3n) is 7.12. The van der Waals surface area contributed by atoms with Crippen LogP contribution in [0, 0.1) is 11.7 Å². The number of nitrogens with zero attached hydrogens (tertiary/aromatic N) is 3. The summed E-state index contributed by atoms with van der Waals surface area (Å²) in [6, 6.07) is 6.43. The van der Waals surface area contributed by atoms with E-state index in [1.165, 1.54) is 31.4 Å². The maximum atomic E-state index is 13.5. The van der Waals surface area contributed by atoms with Crippen LogP contribution < -0.4 is 10.7 Å². The molecule has 0 bridgehead atoms. The Kier molecular flexibility index (Phi) is 8.56. The summed E-state index contributed by atoms with van der Waals surface area (Å²) >= 11 is 0. The Morgan fingerprint density at radius 2 is 1.72 bits per heavy atom. The van der Waals surface area contributed by atoms with Crippen molar-refractivity contribution in [3.05, 3.63) is 69.4 Å². The third-order valence-corrected chi connectivity index (χ3v) is 7.12. The number of nitrogens with one attached hydrogen (secondary N) is 1. The summed E-state index contributed by atoms with van der Waals surface area (Å²) in [7, 11) is 0. The lowest BCUT2D eigenvalue weighted by molar-refractivity contribution is 0.0626. The molecule has 1 aliphatic heterocycles. The number of aromatic nitrogens is 1. The van der Waals surface area contributed by atoms with Gasteiger partial charge in [0.25, 0.3) is 11.8 Å². The van der Waals surface area contributed by atoms with Gasteiger partial charge in [0, 0.05) is 57.7 Å². The average Bonchev–Trinajstić information content (AvgIpc) is 2.85. The number of carbonyl (C=O) groups is 2. The highest BCUT2D eigenvalue weighted by atomic mass is 19.1.